The third kappa shape index (κ3) is 3.45. The molecule has 23 heavy (non-hydrogen) atoms. The van der Waals surface area contributed by atoms with Crippen LogP contribution in [0.25, 0.3) is 0 Å². The number of hydrogen-bond donors (Lipinski definition) is 3. The third-order valence-electron chi connectivity index (χ3n) is 3.85. The second-order valence-corrected chi connectivity index (χ2v) is 9.56. The van der Waals surface area contributed by atoms with Crippen LogP contribution in [0.5, 0.6) is 11.5 Å². The number of benzene rings is 2. The van der Waals surface area contributed by atoms with Gasteiger partial charge in [0.2, 0.25) is 0 Å². The molecule has 0 bridgehead atoms. The van der Waals surface area contributed by atoms with Crippen molar-refractivity contribution in [2.24, 2.45) is 0 Å². The summed E-state index contributed by atoms with van der Waals surface area (Å²) in [5.41, 5.74) is 1.69. The van der Waals surface area contributed by atoms with E-state index in [9.17, 15) is 15.3 Å². The van der Waals surface area contributed by atoms with Crippen LogP contribution < -0.4 is 0 Å². The first-order valence-corrected chi connectivity index (χ1v) is 10.3. The van der Waals surface area contributed by atoms with Gasteiger partial charge < -0.3 is 15.3 Å². The molecule has 0 aromatic heterocycles. The van der Waals surface area contributed by atoms with Gasteiger partial charge in [-0.3, -0.25) is 0 Å². The Hall–Kier alpha value is -0.570. The van der Waals surface area contributed by atoms with Crippen LogP contribution in [-0.4, -0.2) is 26.8 Å². The Morgan fingerprint density at radius 2 is 1.61 bits per heavy atom. The Morgan fingerprint density at radius 1 is 0.957 bits per heavy atom. The minimum Gasteiger partial charge on any atom is -0.504 e. The van der Waals surface area contributed by atoms with Gasteiger partial charge in [-0.1, -0.05) is 18.2 Å². The van der Waals surface area contributed by atoms with Gasteiger partial charge >= 0.3 is 0 Å². The second kappa shape index (κ2) is 7.13. The third-order valence-corrected chi connectivity index (χ3v) is 8.03. The SMILES string of the molecule is Oc1ccc(C2([C@H](O)c3ccc(I)cc3)SCCCS2)cc1O. The molecule has 1 aliphatic rings. The zero-order chi connectivity index (χ0) is 16.4. The van der Waals surface area contributed by atoms with Crippen molar-refractivity contribution in [3.05, 3.63) is 57.2 Å². The molecule has 1 heterocycles. The summed E-state index contributed by atoms with van der Waals surface area (Å²) < 4.78 is 0.551. The highest BCUT2D eigenvalue weighted by molar-refractivity contribution is 14.1. The molecule has 0 aliphatic carbocycles. The lowest BCUT2D eigenvalue weighted by Crippen LogP contribution is -2.30. The number of phenolic OH excluding ortho intramolecular Hbond substituents is 2. The summed E-state index contributed by atoms with van der Waals surface area (Å²) in [6, 6.07) is 12.7. The molecule has 0 unspecified atom stereocenters. The van der Waals surface area contributed by atoms with Gasteiger partial charge in [-0.05, 0) is 75.9 Å². The van der Waals surface area contributed by atoms with Crippen molar-refractivity contribution in [2.75, 3.05) is 11.5 Å². The van der Waals surface area contributed by atoms with Crippen LogP contribution >= 0.6 is 46.1 Å². The van der Waals surface area contributed by atoms with Gasteiger partial charge in [0.15, 0.2) is 11.5 Å². The lowest BCUT2D eigenvalue weighted by atomic mass is 9.99. The zero-order valence-electron chi connectivity index (χ0n) is 12.3. The van der Waals surface area contributed by atoms with E-state index >= 15 is 0 Å². The molecular weight excluding hydrogens is 443 g/mol. The average Bonchev–Trinajstić information content (AvgIpc) is 2.58. The Morgan fingerprint density at radius 3 is 2.22 bits per heavy atom. The average molecular weight is 460 g/mol. The van der Waals surface area contributed by atoms with Crippen LogP contribution in [0.4, 0.5) is 0 Å². The van der Waals surface area contributed by atoms with E-state index < -0.39 is 10.2 Å². The topological polar surface area (TPSA) is 60.7 Å². The Kier molecular flexibility index (Phi) is 5.35. The van der Waals surface area contributed by atoms with Crippen LogP contribution in [0.15, 0.2) is 42.5 Å². The monoisotopic (exact) mass is 460 g/mol. The number of aliphatic hydroxyl groups excluding tert-OH is 1. The number of rotatable bonds is 3. The van der Waals surface area contributed by atoms with Crippen molar-refractivity contribution in [3.8, 4) is 11.5 Å². The maximum absolute atomic E-state index is 11.1. The van der Waals surface area contributed by atoms with E-state index in [4.69, 9.17) is 0 Å². The number of aromatic hydroxyl groups is 2. The molecule has 1 atom stereocenters. The lowest BCUT2D eigenvalue weighted by Gasteiger charge is -2.40. The first-order valence-electron chi connectivity index (χ1n) is 7.27. The molecule has 2 aromatic rings. The van der Waals surface area contributed by atoms with Crippen molar-refractivity contribution in [1.29, 1.82) is 0 Å². The van der Waals surface area contributed by atoms with Crippen LogP contribution in [0.1, 0.15) is 23.7 Å². The molecule has 0 radical (unpaired) electrons. The van der Waals surface area contributed by atoms with Gasteiger partial charge in [0.25, 0.3) is 0 Å². The maximum atomic E-state index is 11.1. The number of aliphatic hydroxyl groups is 1. The normalized spacial score (nSPS) is 18.5. The van der Waals surface area contributed by atoms with Gasteiger partial charge in [0, 0.05) is 3.57 Å². The van der Waals surface area contributed by atoms with E-state index in [-0.39, 0.29) is 11.5 Å². The standard InChI is InChI=1S/C17H17IO3S2/c18-13-5-2-11(3-6-13)16(21)17(22-8-1-9-23-17)12-4-7-14(19)15(20)10-12/h2-7,10,16,19-21H,1,8-9H2/t16-/m1/s1. The molecule has 1 saturated heterocycles. The van der Waals surface area contributed by atoms with Crippen molar-refractivity contribution in [3.63, 3.8) is 0 Å². The zero-order valence-corrected chi connectivity index (χ0v) is 16.1. The summed E-state index contributed by atoms with van der Waals surface area (Å²) in [4.78, 5) is 0. The van der Waals surface area contributed by atoms with Crippen LogP contribution in [-0.2, 0) is 4.08 Å². The van der Waals surface area contributed by atoms with Gasteiger partial charge in [0.1, 0.15) is 10.2 Å². The smallest absolute Gasteiger partial charge is 0.157 e. The molecular formula is C17H17IO3S2. The maximum Gasteiger partial charge on any atom is 0.157 e. The molecule has 3 nitrogen and oxygen atoms in total. The number of phenols is 2. The van der Waals surface area contributed by atoms with E-state index in [0.29, 0.717) is 0 Å². The first kappa shape index (κ1) is 17.3. The van der Waals surface area contributed by atoms with Crippen molar-refractivity contribution in [2.45, 2.75) is 16.6 Å². The molecule has 3 rings (SSSR count). The molecule has 1 aliphatic heterocycles. The van der Waals surface area contributed by atoms with Crippen molar-refractivity contribution in [1.82, 2.24) is 0 Å². The molecule has 0 saturated carbocycles. The van der Waals surface area contributed by atoms with E-state index in [1.54, 1.807) is 35.7 Å². The molecule has 1 fully saturated rings. The van der Waals surface area contributed by atoms with Gasteiger partial charge in [0.05, 0.1) is 0 Å². The Labute approximate surface area is 157 Å². The minimum atomic E-state index is -0.696. The summed E-state index contributed by atoms with van der Waals surface area (Å²) in [6.07, 6.45) is 0.402. The molecule has 6 heteroatoms. The number of thioether (sulfide) groups is 2. The fourth-order valence-corrected chi connectivity index (χ4v) is 6.37. The van der Waals surface area contributed by atoms with E-state index in [2.05, 4.69) is 22.6 Å². The summed E-state index contributed by atoms with van der Waals surface area (Å²) in [6.45, 7) is 0. The van der Waals surface area contributed by atoms with E-state index in [1.165, 1.54) is 6.07 Å². The van der Waals surface area contributed by atoms with Crippen LogP contribution in [0.3, 0.4) is 0 Å². The summed E-state index contributed by atoms with van der Waals surface area (Å²) in [5.74, 6) is 1.62. The van der Waals surface area contributed by atoms with Crippen LogP contribution in [0, 0.1) is 3.57 Å². The predicted octanol–water partition coefficient (Wildman–Crippen LogP) is 4.46. The first-order chi connectivity index (χ1) is 11.0. The predicted molar refractivity (Wildman–Crippen MR) is 105 cm³/mol. The molecule has 0 amide bonds. The molecule has 0 spiro atoms. The highest BCUT2D eigenvalue weighted by Gasteiger charge is 2.43. The lowest BCUT2D eigenvalue weighted by molar-refractivity contribution is 0.163. The second-order valence-electron chi connectivity index (χ2n) is 5.38. The van der Waals surface area contributed by atoms with Gasteiger partial charge in [-0.15, -0.1) is 23.5 Å². The fourth-order valence-electron chi connectivity index (χ4n) is 2.64. The highest BCUT2D eigenvalue weighted by Crippen LogP contribution is 2.58. The molecule has 3 N–H and O–H groups in total. The fraction of sp³-hybridized carbons (Fsp3) is 0.294. The van der Waals surface area contributed by atoms with Crippen molar-refractivity contribution < 1.29 is 15.3 Å². The largest absolute Gasteiger partial charge is 0.504 e. The van der Waals surface area contributed by atoms with Crippen LogP contribution in [0.2, 0.25) is 0 Å². The highest BCUT2D eigenvalue weighted by atomic mass is 127. The molecule has 2 aromatic carbocycles. The number of halogens is 1. The summed E-state index contributed by atoms with van der Waals surface area (Å²) >= 11 is 5.65. The van der Waals surface area contributed by atoms with Gasteiger partial charge in [-0.2, -0.15) is 0 Å². The Bertz CT molecular complexity index is 685. The molecule has 122 valence electrons. The minimum absolute atomic E-state index is 0.140. The quantitative estimate of drug-likeness (QED) is 0.467. The number of hydrogen-bond acceptors (Lipinski definition) is 5. The Balaban J connectivity index is 2.05. The van der Waals surface area contributed by atoms with E-state index in [0.717, 1.165) is 32.6 Å². The summed E-state index contributed by atoms with van der Waals surface area (Å²) in [7, 11) is 0. The summed E-state index contributed by atoms with van der Waals surface area (Å²) in [5, 5.41) is 30.6. The van der Waals surface area contributed by atoms with E-state index in [1.807, 2.05) is 24.3 Å². The van der Waals surface area contributed by atoms with Gasteiger partial charge in [-0.25, -0.2) is 0 Å². The van der Waals surface area contributed by atoms with Crippen molar-refractivity contribution >= 4 is 46.1 Å².